The maximum atomic E-state index is 13.5. The molecular formula is C11H16FN5. The highest BCUT2D eigenvalue weighted by Gasteiger charge is 2.09. The van der Waals surface area contributed by atoms with Gasteiger partial charge in [-0.15, -0.1) is 0 Å². The number of anilines is 1. The molecule has 0 aromatic carbocycles. The van der Waals surface area contributed by atoms with Crippen molar-refractivity contribution in [3.05, 3.63) is 29.5 Å². The fourth-order valence-corrected chi connectivity index (χ4v) is 1.62. The van der Waals surface area contributed by atoms with Crippen LogP contribution in [0.2, 0.25) is 0 Å². The third-order valence-electron chi connectivity index (χ3n) is 2.65. The number of nitrogens with zero attached hydrogens (tertiary/aromatic N) is 4. The van der Waals surface area contributed by atoms with E-state index in [0.29, 0.717) is 12.1 Å². The molecule has 0 spiro atoms. The first kappa shape index (κ1) is 11.6. The lowest BCUT2D eigenvalue weighted by molar-refractivity contribution is 0.496. The van der Waals surface area contributed by atoms with Gasteiger partial charge in [0, 0.05) is 37.5 Å². The maximum absolute atomic E-state index is 13.5. The number of halogens is 1. The van der Waals surface area contributed by atoms with E-state index in [1.54, 1.807) is 7.05 Å². The molecule has 0 amide bonds. The molecule has 0 saturated carbocycles. The Morgan fingerprint density at radius 3 is 2.76 bits per heavy atom. The number of aryl methyl sites for hydroxylation is 3. The Kier molecular flexibility index (Phi) is 3.12. The van der Waals surface area contributed by atoms with Crippen molar-refractivity contribution in [3.8, 4) is 0 Å². The first-order valence-corrected chi connectivity index (χ1v) is 5.56. The Bertz CT molecular complexity index is 514. The second kappa shape index (κ2) is 4.57. The van der Waals surface area contributed by atoms with E-state index in [1.165, 1.54) is 10.9 Å². The predicted octanol–water partition coefficient (Wildman–Crippen LogP) is 1.70. The van der Waals surface area contributed by atoms with Crippen molar-refractivity contribution in [2.75, 3.05) is 5.32 Å². The van der Waals surface area contributed by atoms with Crippen LogP contribution < -0.4 is 5.32 Å². The zero-order chi connectivity index (χ0) is 12.4. The second-order valence-electron chi connectivity index (χ2n) is 3.95. The largest absolute Gasteiger partial charge is 0.364 e. The average molecular weight is 237 g/mol. The van der Waals surface area contributed by atoms with Crippen molar-refractivity contribution in [3.63, 3.8) is 0 Å². The van der Waals surface area contributed by atoms with Crippen molar-refractivity contribution in [2.45, 2.75) is 26.9 Å². The third-order valence-corrected chi connectivity index (χ3v) is 2.65. The van der Waals surface area contributed by atoms with Gasteiger partial charge in [-0.05, 0) is 13.8 Å². The van der Waals surface area contributed by atoms with Crippen LogP contribution in [0.15, 0.2) is 12.4 Å². The van der Waals surface area contributed by atoms with Crippen LogP contribution >= 0.6 is 0 Å². The van der Waals surface area contributed by atoms with Crippen molar-refractivity contribution in [1.82, 2.24) is 19.6 Å². The molecule has 6 heteroatoms. The molecule has 1 N–H and O–H groups in total. The summed E-state index contributed by atoms with van der Waals surface area (Å²) in [5, 5.41) is 11.3. The first-order valence-electron chi connectivity index (χ1n) is 5.56. The van der Waals surface area contributed by atoms with E-state index in [1.807, 2.05) is 24.7 Å². The smallest absolute Gasteiger partial charge is 0.216 e. The van der Waals surface area contributed by atoms with E-state index in [-0.39, 0.29) is 5.95 Å². The SMILES string of the molecule is CCn1cc(C)c(NCc2cnn(C)c2F)n1. The van der Waals surface area contributed by atoms with Crippen molar-refractivity contribution >= 4 is 5.82 Å². The Balaban J connectivity index is 2.07. The Labute approximate surface area is 99.2 Å². The van der Waals surface area contributed by atoms with Crippen molar-refractivity contribution in [1.29, 1.82) is 0 Å². The van der Waals surface area contributed by atoms with Gasteiger partial charge in [-0.1, -0.05) is 0 Å². The highest BCUT2D eigenvalue weighted by atomic mass is 19.1. The van der Waals surface area contributed by atoms with Crippen LogP contribution in [-0.2, 0) is 20.1 Å². The molecule has 0 saturated heterocycles. The lowest BCUT2D eigenvalue weighted by Crippen LogP contribution is -2.04. The molecule has 0 unspecified atom stereocenters. The zero-order valence-corrected chi connectivity index (χ0v) is 10.2. The average Bonchev–Trinajstić information content (AvgIpc) is 2.82. The van der Waals surface area contributed by atoms with Crippen LogP contribution in [0, 0.1) is 12.9 Å². The normalized spacial score (nSPS) is 10.8. The molecular weight excluding hydrogens is 221 g/mol. The summed E-state index contributed by atoms with van der Waals surface area (Å²) >= 11 is 0. The minimum Gasteiger partial charge on any atom is -0.364 e. The number of aromatic nitrogens is 4. The summed E-state index contributed by atoms with van der Waals surface area (Å²) < 4.78 is 16.5. The summed E-state index contributed by atoms with van der Waals surface area (Å²) in [6.45, 7) is 5.21. The highest BCUT2D eigenvalue weighted by molar-refractivity contribution is 5.42. The van der Waals surface area contributed by atoms with Gasteiger partial charge < -0.3 is 5.32 Å². The second-order valence-corrected chi connectivity index (χ2v) is 3.95. The summed E-state index contributed by atoms with van der Waals surface area (Å²) in [4.78, 5) is 0. The van der Waals surface area contributed by atoms with Gasteiger partial charge >= 0.3 is 0 Å². The molecule has 0 bridgehead atoms. The summed E-state index contributed by atoms with van der Waals surface area (Å²) in [7, 11) is 1.58. The number of rotatable bonds is 4. The molecule has 0 atom stereocenters. The van der Waals surface area contributed by atoms with Gasteiger partial charge in [0.1, 0.15) is 0 Å². The van der Waals surface area contributed by atoms with Gasteiger partial charge in [-0.2, -0.15) is 14.6 Å². The summed E-state index contributed by atoms with van der Waals surface area (Å²) in [5.41, 5.74) is 1.59. The van der Waals surface area contributed by atoms with Gasteiger partial charge in [-0.25, -0.2) is 4.68 Å². The lowest BCUT2D eigenvalue weighted by Gasteiger charge is -2.02. The molecule has 17 heavy (non-hydrogen) atoms. The van der Waals surface area contributed by atoms with Gasteiger partial charge in [0.25, 0.3) is 0 Å². The molecule has 92 valence electrons. The fourth-order valence-electron chi connectivity index (χ4n) is 1.62. The highest BCUT2D eigenvalue weighted by Crippen LogP contribution is 2.13. The van der Waals surface area contributed by atoms with Crippen LogP contribution in [0.1, 0.15) is 18.1 Å². The lowest BCUT2D eigenvalue weighted by atomic mass is 10.3. The van der Waals surface area contributed by atoms with Gasteiger partial charge in [0.05, 0.1) is 6.20 Å². The maximum Gasteiger partial charge on any atom is 0.216 e. The Morgan fingerprint density at radius 2 is 2.24 bits per heavy atom. The number of hydrogen-bond donors (Lipinski definition) is 1. The summed E-state index contributed by atoms with van der Waals surface area (Å²) in [5.74, 6) is 0.472. The van der Waals surface area contributed by atoms with E-state index in [0.717, 1.165) is 17.9 Å². The van der Waals surface area contributed by atoms with E-state index in [4.69, 9.17) is 0 Å². The molecule has 2 aromatic heterocycles. The Hall–Kier alpha value is -1.85. The zero-order valence-electron chi connectivity index (χ0n) is 10.2. The fraction of sp³-hybridized carbons (Fsp3) is 0.455. The third kappa shape index (κ3) is 2.30. The standard InChI is InChI=1S/C11H16FN5/c1-4-17-7-8(2)11(15-17)13-5-9-6-14-16(3)10(9)12/h6-7H,4-5H2,1-3H3,(H,13,15). The van der Waals surface area contributed by atoms with Crippen molar-refractivity contribution in [2.24, 2.45) is 7.05 Å². The molecule has 2 aromatic rings. The predicted molar refractivity (Wildman–Crippen MR) is 63.1 cm³/mol. The van der Waals surface area contributed by atoms with E-state index < -0.39 is 0 Å². The van der Waals surface area contributed by atoms with E-state index in [9.17, 15) is 4.39 Å². The van der Waals surface area contributed by atoms with Crippen LogP contribution in [0.5, 0.6) is 0 Å². The van der Waals surface area contributed by atoms with Crippen LogP contribution in [0.3, 0.4) is 0 Å². The molecule has 0 aliphatic heterocycles. The number of hydrogen-bond acceptors (Lipinski definition) is 3. The molecule has 0 radical (unpaired) electrons. The molecule has 0 aliphatic carbocycles. The molecule has 5 nitrogen and oxygen atoms in total. The summed E-state index contributed by atoms with van der Waals surface area (Å²) in [6.07, 6.45) is 3.48. The minimum absolute atomic E-state index is 0.315. The molecule has 0 fully saturated rings. The van der Waals surface area contributed by atoms with Crippen LogP contribution in [-0.4, -0.2) is 19.6 Å². The van der Waals surface area contributed by atoms with Crippen molar-refractivity contribution < 1.29 is 4.39 Å². The van der Waals surface area contributed by atoms with Gasteiger partial charge in [-0.3, -0.25) is 4.68 Å². The minimum atomic E-state index is -0.315. The van der Waals surface area contributed by atoms with Crippen LogP contribution in [0.25, 0.3) is 0 Å². The topological polar surface area (TPSA) is 47.7 Å². The van der Waals surface area contributed by atoms with Gasteiger partial charge in [0.2, 0.25) is 5.95 Å². The first-order chi connectivity index (χ1) is 8.11. The Morgan fingerprint density at radius 1 is 1.47 bits per heavy atom. The molecule has 0 aliphatic rings. The van der Waals surface area contributed by atoms with Crippen LogP contribution in [0.4, 0.5) is 10.2 Å². The molecule has 2 rings (SSSR count). The van der Waals surface area contributed by atoms with E-state index in [2.05, 4.69) is 15.5 Å². The number of nitrogens with one attached hydrogen (secondary N) is 1. The summed E-state index contributed by atoms with van der Waals surface area (Å²) in [6, 6.07) is 0. The van der Waals surface area contributed by atoms with E-state index >= 15 is 0 Å². The quantitative estimate of drug-likeness (QED) is 0.880. The monoisotopic (exact) mass is 237 g/mol. The molecule has 2 heterocycles. The van der Waals surface area contributed by atoms with Gasteiger partial charge in [0.15, 0.2) is 5.82 Å².